The molecule has 0 radical (unpaired) electrons. The van der Waals surface area contributed by atoms with Gasteiger partial charge in [0.2, 0.25) is 5.24 Å². The molecular weight excluding hydrogens is 172 g/mol. The van der Waals surface area contributed by atoms with Gasteiger partial charge >= 0.3 is 0 Å². The van der Waals surface area contributed by atoms with Gasteiger partial charge in [-0.05, 0) is 42.2 Å². The van der Waals surface area contributed by atoms with Crippen LogP contribution in [0.1, 0.15) is 19.8 Å². The summed E-state index contributed by atoms with van der Waals surface area (Å²) in [6.45, 7) is 2.14. The Morgan fingerprint density at radius 1 is 1.33 bits per heavy atom. The maximum atomic E-state index is 11.1. The first-order valence-corrected chi connectivity index (χ1v) is 4.95. The predicted molar refractivity (Wildman–Crippen MR) is 48.9 cm³/mol. The molecule has 3 aliphatic carbocycles. The van der Waals surface area contributed by atoms with Gasteiger partial charge < -0.3 is 0 Å². The van der Waals surface area contributed by atoms with Gasteiger partial charge in [0, 0.05) is 5.92 Å². The minimum atomic E-state index is -0.137. The largest absolute Gasteiger partial charge is 0.281 e. The Bertz CT molecular complexity index is 234. The van der Waals surface area contributed by atoms with Gasteiger partial charge in [0.15, 0.2) is 0 Å². The van der Waals surface area contributed by atoms with Crippen molar-refractivity contribution in [2.75, 3.05) is 0 Å². The topological polar surface area (TPSA) is 17.1 Å². The fourth-order valence-electron chi connectivity index (χ4n) is 2.63. The molecule has 0 aliphatic heterocycles. The number of carbonyl (C=O) groups is 1. The average molecular weight is 185 g/mol. The molecule has 0 saturated heterocycles. The molecule has 12 heavy (non-hydrogen) atoms. The average Bonchev–Trinajstić information content (AvgIpc) is 2.05. The van der Waals surface area contributed by atoms with Crippen molar-refractivity contribution in [2.45, 2.75) is 19.8 Å². The number of carbonyl (C=O) groups excluding carboxylic acids is 1. The number of hydrogen-bond acceptors (Lipinski definition) is 1. The molecule has 3 aliphatic rings. The first-order valence-electron chi connectivity index (χ1n) is 4.58. The van der Waals surface area contributed by atoms with E-state index in [4.69, 9.17) is 11.6 Å². The number of hydrogen-bond donors (Lipinski definition) is 0. The van der Waals surface area contributed by atoms with Crippen molar-refractivity contribution < 1.29 is 4.79 Å². The molecular formula is C10H13ClO. The number of allylic oxidation sites excluding steroid dienone is 2. The van der Waals surface area contributed by atoms with Crippen molar-refractivity contribution in [1.82, 2.24) is 0 Å². The molecule has 0 aromatic rings. The summed E-state index contributed by atoms with van der Waals surface area (Å²) in [5.41, 5.74) is 0. The second-order valence-corrected chi connectivity index (χ2v) is 4.35. The van der Waals surface area contributed by atoms with Crippen LogP contribution in [0.5, 0.6) is 0 Å². The van der Waals surface area contributed by atoms with Gasteiger partial charge in [-0.25, -0.2) is 0 Å². The first-order chi connectivity index (χ1) is 5.70. The molecule has 1 fully saturated rings. The Kier molecular flexibility index (Phi) is 1.99. The highest BCUT2D eigenvalue weighted by Gasteiger charge is 2.41. The lowest BCUT2D eigenvalue weighted by Crippen LogP contribution is -2.38. The first kappa shape index (κ1) is 8.31. The molecule has 3 rings (SSSR count). The smallest absolute Gasteiger partial charge is 0.225 e. The molecule has 0 aromatic carbocycles. The molecule has 0 aromatic heterocycles. The molecule has 0 heterocycles. The lowest BCUT2D eigenvalue weighted by molar-refractivity contribution is -0.119. The Hall–Kier alpha value is -0.300. The summed E-state index contributed by atoms with van der Waals surface area (Å²) in [5.74, 6) is 1.58. The van der Waals surface area contributed by atoms with Crippen molar-refractivity contribution in [2.24, 2.45) is 23.7 Å². The van der Waals surface area contributed by atoms with Gasteiger partial charge in [0.25, 0.3) is 0 Å². The minimum absolute atomic E-state index is 0.0930. The Morgan fingerprint density at radius 3 is 2.25 bits per heavy atom. The predicted octanol–water partition coefficient (Wildman–Crippen LogP) is 2.60. The lowest BCUT2D eigenvalue weighted by atomic mass is 9.63. The molecule has 2 heteroatoms. The van der Waals surface area contributed by atoms with Gasteiger partial charge in [0.05, 0.1) is 0 Å². The SMILES string of the molecule is C[C@@H]1[C@@H](C(=O)Cl)[C@H]2C=C[C@@H]1CC2. The molecule has 0 spiro atoms. The van der Waals surface area contributed by atoms with Gasteiger partial charge in [-0.3, -0.25) is 4.79 Å². The molecule has 0 unspecified atom stereocenters. The van der Waals surface area contributed by atoms with Crippen molar-refractivity contribution in [1.29, 1.82) is 0 Å². The van der Waals surface area contributed by atoms with Crippen LogP contribution in [-0.4, -0.2) is 5.24 Å². The van der Waals surface area contributed by atoms with E-state index in [0.717, 1.165) is 6.42 Å². The monoisotopic (exact) mass is 184 g/mol. The fourth-order valence-corrected chi connectivity index (χ4v) is 2.99. The number of rotatable bonds is 1. The summed E-state index contributed by atoms with van der Waals surface area (Å²) in [4.78, 5) is 11.1. The second-order valence-electron chi connectivity index (χ2n) is 3.98. The highest BCUT2D eigenvalue weighted by Crippen LogP contribution is 2.45. The van der Waals surface area contributed by atoms with Crippen LogP contribution in [0, 0.1) is 23.7 Å². The zero-order chi connectivity index (χ0) is 8.72. The molecule has 0 amide bonds. The standard InChI is InChI=1S/C10H13ClO/c1-6-7-2-4-8(5-3-7)9(6)10(11)12/h2,4,6-9H,3,5H2,1H3/t6-,7+,8-,9+/m0/s1. The summed E-state index contributed by atoms with van der Waals surface area (Å²) in [6.07, 6.45) is 6.83. The summed E-state index contributed by atoms with van der Waals surface area (Å²) < 4.78 is 0. The van der Waals surface area contributed by atoms with E-state index < -0.39 is 0 Å². The summed E-state index contributed by atoms with van der Waals surface area (Å²) >= 11 is 5.57. The van der Waals surface area contributed by atoms with E-state index in [2.05, 4.69) is 19.1 Å². The Balaban J connectivity index is 2.26. The normalized spacial score (nSPS) is 44.8. The van der Waals surface area contributed by atoms with Crippen LogP contribution >= 0.6 is 11.6 Å². The Morgan fingerprint density at radius 2 is 1.92 bits per heavy atom. The lowest BCUT2D eigenvalue weighted by Gasteiger charge is -2.41. The number of halogens is 1. The third-order valence-electron chi connectivity index (χ3n) is 3.40. The fraction of sp³-hybridized carbons (Fsp3) is 0.700. The molecule has 66 valence electrons. The van der Waals surface area contributed by atoms with Crippen molar-refractivity contribution in [3.05, 3.63) is 12.2 Å². The van der Waals surface area contributed by atoms with Gasteiger partial charge in [-0.1, -0.05) is 19.1 Å². The van der Waals surface area contributed by atoms with Crippen LogP contribution < -0.4 is 0 Å². The second kappa shape index (κ2) is 2.88. The van der Waals surface area contributed by atoms with Crippen molar-refractivity contribution >= 4 is 16.8 Å². The summed E-state index contributed by atoms with van der Waals surface area (Å²) in [6, 6.07) is 0. The highest BCUT2D eigenvalue weighted by molar-refractivity contribution is 6.64. The van der Waals surface area contributed by atoms with Gasteiger partial charge in [-0.2, -0.15) is 0 Å². The molecule has 2 bridgehead atoms. The van der Waals surface area contributed by atoms with Crippen LogP contribution in [-0.2, 0) is 4.79 Å². The van der Waals surface area contributed by atoms with Crippen LogP contribution in [0.4, 0.5) is 0 Å². The highest BCUT2D eigenvalue weighted by atomic mass is 35.5. The van der Waals surface area contributed by atoms with E-state index in [0.29, 0.717) is 17.8 Å². The molecule has 1 saturated carbocycles. The molecule has 4 atom stereocenters. The maximum absolute atomic E-state index is 11.1. The van der Waals surface area contributed by atoms with Gasteiger partial charge in [-0.15, -0.1) is 0 Å². The van der Waals surface area contributed by atoms with Crippen molar-refractivity contribution in [3.63, 3.8) is 0 Å². The van der Waals surface area contributed by atoms with E-state index in [9.17, 15) is 4.79 Å². The third kappa shape index (κ3) is 1.11. The van der Waals surface area contributed by atoms with Gasteiger partial charge in [0.1, 0.15) is 0 Å². The van der Waals surface area contributed by atoms with Crippen LogP contribution in [0.2, 0.25) is 0 Å². The quantitative estimate of drug-likeness (QED) is 0.452. The Labute approximate surface area is 77.8 Å². The maximum Gasteiger partial charge on any atom is 0.225 e. The zero-order valence-electron chi connectivity index (χ0n) is 7.16. The molecule has 0 N–H and O–H groups in total. The van der Waals surface area contributed by atoms with E-state index in [1.54, 1.807) is 0 Å². The van der Waals surface area contributed by atoms with E-state index in [1.165, 1.54) is 6.42 Å². The summed E-state index contributed by atoms with van der Waals surface area (Å²) in [5, 5.41) is -0.137. The van der Waals surface area contributed by atoms with Crippen LogP contribution in [0.3, 0.4) is 0 Å². The van der Waals surface area contributed by atoms with Crippen LogP contribution in [0.25, 0.3) is 0 Å². The molecule has 1 nitrogen and oxygen atoms in total. The number of fused-ring (bicyclic) bond motifs is 2. The third-order valence-corrected chi connectivity index (χ3v) is 3.66. The van der Waals surface area contributed by atoms with E-state index in [1.807, 2.05) is 0 Å². The van der Waals surface area contributed by atoms with E-state index >= 15 is 0 Å². The summed E-state index contributed by atoms with van der Waals surface area (Å²) in [7, 11) is 0. The zero-order valence-corrected chi connectivity index (χ0v) is 7.92. The van der Waals surface area contributed by atoms with Crippen molar-refractivity contribution in [3.8, 4) is 0 Å². The van der Waals surface area contributed by atoms with Crippen LogP contribution in [0.15, 0.2) is 12.2 Å². The van der Waals surface area contributed by atoms with E-state index in [-0.39, 0.29) is 11.2 Å². The minimum Gasteiger partial charge on any atom is -0.281 e.